The van der Waals surface area contributed by atoms with Gasteiger partial charge < -0.3 is 9.47 Å². The predicted octanol–water partition coefficient (Wildman–Crippen LogP) is 4.25. The second-order valence-electron chi connectivity index (χ2n) is 6.24. The first-order valence-electron chi connectivity index (χ1n) is 8.03. The van der Waals surface area contributed by atoms with Crippen LogP contribution in [-0.2, 0) is 16.0 Å². The highest BCUT2D eigenvalue weighted by molar-refractivity contribution is 6.33. The number of rotatable bonds is 5. The Bertz CT molecular complexity index is 766. The van der Waals surface area contributed by atoms with E-state index in [1.54, 1.807) is 30.3 Å². The minimum absolute atomic E-state index is 0.176. The Morgan fingerprint density at radius 3 is 2.80 bits per heavy atom. The first kappa shape index (κ1) is 17.6. The zero-order chi connectivity index (χ0) is 17.9. The van der Waals surface area contributed by atoms with Gasteiger partial charge in [0.05, 0.1) is 23.4 Å². The molecule has 0 amide bonds. The van der Waals surface area contributed by atoms with E-state index < -0.39 is 5.60 Å². The van der Waals surface area contributed by atoms with Gasteiger partial charge in [0.25, 0.3) is 0 Å². The molecule has 0 bridgehead atoms. The number of benzene rings is 2. The van der Waals surface area contributed by atoms with Crippen molar-refractivity contribution in [3.63, 3.8) is 0 Å². The molecule has 1 aliphatic heterocycles. The lowest BCUT2D eigenvalue weighted by molar-refractivity contribution is -0.0159. The molecule has 1 aliphatic rings. The summed E-state index contributed by atoms with van der Waals surface area (Å²) >= 11 is 6.23. The van der Waals surface area contributed by atoms with Crippen LogP contribution in [0.4, 0.5) is 5.69 Å². The van der Waals surface area contributed by atoms with E-state index in [1.807, 2.05) is 19.1 Å². The molecule has 0 fully saturated rings. The molecule has 3 rings (SSSR count). The highest BCUT2D eigenvalue weighted by atomic mass is 35.5. The van der Waals surface area contributed by atoms with Gasteiger partial charge in [-0.05, 0) is 43.5 Å². The van der Waals surface area contributed by atoms with Crippen LogP contribution in [0.15, 0.2) is 42.5 Å². The summed E-state index contributed by atoms with van der Waals surface area (Å²) < 4.78 is 11.5. The van der Waals surface area contributed by atoms with Crippen molar-refractivity contribution in [2.45, 2.75) is 25.4 Å². The van der Waals surface area contributed by atoms with Gasteiger partial charge in [0.15, 0.2) is 0 Å². The lowest BCUT2D eigenvalue weighted by Crippen LogP contribution is -2.41. The summed E-state index contributed by atoms with van der Waals surface area (Å²) in [4.78, 5) is 17.0. The number of anilines is 1. The summed E-state index contributed by atoms with van der Waals surface area (Å²) in [7, 11) is 1.53. The lowest BCUT2D eigenvalue weighted by Gasteiger charge is -2.35. The molecule has 6 heteroatoms. The molecule has 25 heavy (non-hydrogen) atoms. The van der Waals surface area contributed by atoms with Crippen LogP contribution in [0.2, 0.25) is 5.02 Å². The summed E-state index contributed by atoms with van der Waals surface area (Å²) in [5, 5.41) is 0.506. The van der Waals surface area contributed by atoms with Crippen LogP contribution in [0.1, 0.15) is 29.3 Å². The standard InChI is InChI=1S/C19H20ClNO4/c1-19(12-24-18(22)13-6-4-3-5-7-13)9-8-14-10-16(21-23-2)15(20)11-17(14)25-19/h3-7,10-11,21H,8-9,12H2,1-2H3. The molecule has 1 atom stereocenters. The molecule has 0 aromatic heterocycles. The number of ether oxygens (including phenoxy) is 2. The maximum Gasteiger partial charge on any atom is 0.338 e. The van der Waals surface area contributed by atoms with Crippen molar-refractivity contribution in [3.8, 4) is 5.75 Å². The fourth-order valence-electron chi connectivity index (χ4n) is 2.77. The van der Waals surface area contributed by atoms with Crippen LogP contribution < -0.4 is 10.2 Å². The van der Waals surface area contributed by atoms with Crippen LogP contribution in [0.5, 0.6) is 5.75 Å². The average molecular weight is 362 g/mol. The number of nitrogens with one attached hydrogen (secondary N) is 1. The van der Waals surface area contributed by atoms with Gasteiger partial charge in [0.1, 0.15) is 18.0 Å². The number of hydrogen-bond acceptors (Lipinski definition) is 5. The van der Waals surface area contributed by atoms with Crippen LogP contribution in [-0.4, -0.2) is 25.3 Å². The largest absolute Gasteiger partial charge is 0.484 e. The van der Waals surface area contributed by atoms with Crippen LogP contribution in [0, 0.1) is 0 Å². The highest BCUT2D eigenvalue weighted by Gasteiger charge is 2.34. The van der Waals surface area contributed by atoms with Crippen molar-refractivity contribution in [3.05, 3.63) is 58.6 Å². The smallest absolute Gasteiger partial charge is 0.338 e. The molecule has 0 aliphatic carbocycles. The van der Waals surface area contributed by atoms with Crippen LogP contribution in [0.25, 0.3) is 0 Å². The van der Waals surface area contributed by atoms with Crippen molar-refractivity contribution in [2.75, 3.05) is 19.2 Å². The molecular weight excluding hydrogens is 342 g/mol. The average Bonchev–Trinajstić information content (AvgIpc) is 2.62. The summed E-state index contributed by atoms with van der Waals surface area (Å²) in [6, 6.07) is 12.6. The van der Waals surface area contributed by atoms with Gasteiger partial charge in [-0.3, -0.25) is 10.3 Å². The third kappa shape index (κ3) is 4.06. The first-order valence-corrected chi connectivity index (χ1v) is 8.41. The molecule has 0 saturated carbocycles. The number of carbonyl (C=O) groups excluding carboxylic acids is 1. The van der Waals surface area contributed by atoms with E-state index >= 15 is 0 Å². The van der Waals surface area contributed by atoms with E-state index in [0.29, 0.717) is 22.0 Å². The van der Waals surface area contributed by atoms with E-state index in [9.17, 15) is 4.79 Å². The van der Waals surface area contributed by atoms with E-state index in [2.05, 4.69) is 5.48 Å². The van der Waals surface area contributed by atoms with Crippen molar-refractivity contribution in [2.24, 2.45) is 0 Å². The molecule has 132 valence electrons. The monoisotopic (exact) mass is 361 g/mol. The molecule has 1 N–H and O–H groups in total. The Morgan fingerprint density at radius 1 is 1.32 bits per heavy atom. The fourth-order valence-corrected chi connectivity index (χ4v) is 2.96. The Kier molecular flexibility index (Phi) is 5.16. The quantitative estimate of drug-likeness (QED) is 0.637. The van der Waals surface area contributed by atoms with Gasteiger partial charge in [-0.15, -0.1) is 0 Å². The zero-order valence-corrected chi connectivity index (χ0v) is 14.9. The number of aryl methyl sites for hydroxylation is 1. The minimum Gasteiger partial charge on any atom is -0.484 e. The molecule has 1 unspecified atom stereocenters. The van der Waals surface area contributed by atoms with Crippen LogP contribution in [0.3, 0.4) is 0 Å². The summed E-state index contributed by atoms with van der Waals surface area (Å²) in [5.41, 5.74) is 4.43. The van der Waals surface area contributed by atoms with Gasteiger partial charge in [-0.1, -0.05) is 29.8 Å². The predicted molar refractivity (Wildman–Crippen MR) is 96.2 cm³/mol. The SMILES string of the molecule is CONc1cc2c(cc1Cl)OC(C)(COC(=O)c1ccccc1)CC2. The van der Waals surface area contributed by atoms with E-state index in [1.165, 1.54) is 7.11 Å². The fraction of sp³-hybridized carbons (Fsp3) is 0.316. The minimum atomic E-state index is -0.586. The number of carbonyl (C=O) groups is 1. The van der Waals surface area contributed by atoms with E-state index in [-0.39, 0.29) is 12.6 Å². The summed E-state index contributed by atoms with van der Waals surface area (Å²) in [6.07, 6.45) is 1.53. The van der Waals surface area contributed by atoms with Crippen molar-refractivity contribution >= 4 is 23.3 Å². The Labute approximate surface area is 151 Å². The Balaban J connectivity index is 1.68. The van der Waals surface area contributed by atoms with Gasteiger partial charge in [0.2, 0.25) is 0 Å². The molecule has 5 nitrogen and oxygen atoms in total. The van der Waals surface area contributed by atoms with Crippen LogP contribution >= 0.6 is 11.6 Å². The van der Waals surface area contributed by atoms with Gasteiger partial charge >= 0.3 is 5.97 Å². The first-order chi connectivity index (χ1) is 12.0. The maximum atomic E-state index is 12.1. The van der Waals surface area contributed by atoms with E-state index in [0.717, 1.165) is 18.4 Å². The van der Waals surface area contributed by atoms with Gasteiger partial charge in [-0.25, -0.2) is 4.79 Å². The number of fused-ring (bicyclic) bond motifs is 1. The van der Waals surface area contributed by atoms with Gasteiger partial charge in [0, 0.05) is 6.07 Å². The number of hydrogen-bond donors (Lipinski definition) is 1. The maximum absolute atomic E-state index is 12.1. The molecule has 2 aromatic rings. The molecule has 0 saturated heterocycles. The highest BCUT2D eigenvalue weighted by Crippen LogP contribution is 2.38. The summed E-state index contributed by atoms with van der Waals surface area (Å²) in [6.45, 7) is 2.11. The Hall–Kier alpha value is -2.24. The molecule has 0 spiro atoms. The molecule has 0 radical (unpaired) electrons. The zero-order valence-electron chi connectivity index (χ0n) is 14.2. The third-order valence-electron chi connectivity index (χ3n) is 4.16. The number of esters is 1. The normalized spacial score (nSPS) is 18.8. The lowest BCUT2D eigenvalue weighted by atomic mass is 9.93. The topological polar surface area (TPSA) is 56.8 Å². The van der Waals surface area contributed by atoms with Crippen molar-refractivity contribution in [1.82, 2.24) is 0 Å². The third-order valence-corrected chi connectivity index (χ3v) is 4.47. The molecule has 2 aromatic carbocycles. The van der Waals surface area contributed by atoms with E-state index in [4.69, 9.17) is 25.9 Å². The Morgan fingerprint density at radius 2 is 2.08 bits per heavy atom. The number of halogens is 1. The van der Waals surface area contributed by atoms with Crippen molar-refractivity contribution < 1.29 is 19.1 Å². The molecular formula is C19H20ClNO4. The summed E-state index contributed by atoms with van der Waals surface area (Å²) in [5.74, 6) is 0.352. The van der Waals surface area contributed by atoms with Gasteiger partial charge in [-0.2, -0.15) is 0 Å². The second-order valence-corrected chi connectivity index (χ2v) is 6.65. The van der Waals surface area contributed by atoms with Crippen molar-refractivity contribution in [1.29, 1.82) is 0 Å². The second kappa shape index (κ2) is 7.33. The molecule has 1 heterocycles.